The Morgan fingerprint density at radius 3 is 2.54 bits per heavy atom. The number of hydrogen-bond acceptors (Lipinski definition) is 3. The van der Waals surface area contributed by atoms with Crippen molar-refractivity contribution >= 4 is 0 Å². The van der Waals surface area contributed by atoms with Crippen molar-refractivity contribution in [2.45, 2.75) is 71.9 Å². The molecule has 2 fully saturated rings. The third-order valence-corrected chi connectivity index (χ3v) is 7.11. The van der Waals surface area contributed by atoms with Gasteiger partial charge in [0, 0.05) is 32.3 Å². The lowest BCUT2D eigenvalue weighted by molar-refractivity contribution is 0.0597. The maximum atomic E-state index is 5.23. The molecule has 142 valence electrons. The number of rotatable bonds is 8. The molecule has 0 spiro atoms. The number of ether oxygens (including phenoxy) is 1. The highest BCUT2D eigenvalue weighted by Gasteiger charge is 2.33. The summed E-state index contributed by atoms with van der Waals surface area (Å²) in [5.41, 5.74) is 0. The Morgan fingerprint density at radius 1 is 1.12 bits per heavy atom. The predicted octanol–water partition coefficient (Wildman–Crippen LogP) is 4.13. The zero-order valence-electron chi connectivity index (χ0n) is 17.1. The number of hydrogen-bond donors (Lipinski definition) is 0. The monoisotopic (exact) mass is 338 g/mol. The fourth-order valence-corrected chi connectivity index (χ4v) is 4.88. The van der Waals surface area contributed by atoms with Crippen LogP contribution in [0.3, 0.4) is 0 Å². The van der Waals surface area contributed by atoms with Gasteiger partial charge in [0.2, 0.25) is 0 Å². The number of likely N-dealkylation sites (tertiary alicyclic amines) is 2. The number of nitrogens with zero attached hydrogens (tertiary/aromatic N) is 2. The SMILES string of the molecule is COCCN1CCC(C(C)CC[C@@H]2CC(C(C)C)C[C@H](C)N2C)C1. The summed E-state index contributed by atoms with van der Waals surface area (Å²) in [6, 6.07) is 1.55. The molecule has 2 rings (SSSR count). The molecule has 0 bridgehead atoms. The average molecular weight is 339 g/mol. The first kappa shape index (κ1) is 20.2. The fourth-order valence-electron chi connectivity index (χ4n) is 4.88. The van der Waals surface area contributed by atoms with Crippen molar-refractivity contribution in [2.75, 3.05) is 40.4 Å². The van der Waals surface area contributed by atoms with Gasteiger partial charge >= 0.3 is 0 Å². The molecular formula is C21H42N2O. The van der Waals surface area contributed by atoms with Crippen LogP contribution in [-0.2, 0) is 4.74 Å². The van der Waals surface area contributed by atoms with Gasteiger partial charge in [0.05, 0.1) is 6.61 Å². The quantitative estimate of drug-likeness (QED) is 0.662. The average Bonchev–Trinajstić information content (AvgIpc) is 3.02. The van der Waals surface area contributed by atoms with E-state index < -0.39 is 0 Å². The van der Waals surface area contributed by atoms with Crippen LogP contribution in [0.2, 0.25) is 0 Å². The standard InChI is InChI=1S/C21H42N2O/c1-16(2)20-13-18(4)22(5)21(14-20)8-7-17(3)19-9-10-23(15-19)11-12-24-6/h16-21H,7-15H2,1-6H3/t17?,18-,19?,20?,21+/m0/s1. The highest BCUT2D eigenvalue weighted by Crippen LogP contribution is 2.35. The molecule has 2 heterocycles. The first-order valence-corrected chi connectivity index (χ1v) is 10.4. The Bertz CT molecular complexity index is 360. The van der Waals surface area contributed by atoms with Crippen molar-refractivity contribution in [3.8, 4) is 0 Å². The van der Waals surface area contributed by atoms with E-state index in [9.17, 15) is 0 Å². The molecule has 0 aromatic carbocycles. The van der Waals surface area contributed by atoms with Crippen molar-refractivity contribution in [3.63, 3.8) is 0 Å². The Hall–Kier alpha value is -0.120. The highest BCUT2D eigenvalue weighted by molar-refractivity contribution is 4.87. The summed E-state index contributed by atoms with van der Waals surface area (Å²) < 4.78 is 5.23. The second-order valence-electron chi connectivity index (χ2n) is 9.04. The summed E-state index contributed by atoms with van der Waals surface area (Å²) in [5, 5.41) is 0. The third kappa shape index (κ3) is 5.44. The van der Waals surface area contributed by atoms with Gasteiger partial charge in [-0.15, -0.1) is 0 Å². The van der Waals surface area contributed by atoms with Crippen LogP contribution in [0.15, 0.2) is 0 Å². The summed E-state index contributed by atoms with van der Waals surface area (Å²) in [5.74, 6) is 3.52. The van der Waals surface area contributed by atoms with E-state index in [0.717, 1.165) is 48.9 Å². The summed E-state index contributed by atoms with van der Waals surface area (Å²) in [7, 11) is 4.17. The first-order chi connectivity index (χ1) is 11.4. The van der Waals surface area contributed by atoms with Crippen LogP contribution in [-0.4, -0.2) is 62.3 Å². The molecule has 5 atom stereocenters. The minimum Gasteiger partial charge on any atom is -0.383 e. The van der Waals surface area contributed by atoms with E-state index in [-0.39, 0.29) is 0 Å². The lowest BCUT2D eigenvalue weighted by atomic mass is 9.78. The molecule has 0 aromatic heterocycles. The first-order valence-electron chi connectivity index (χ1n) is 10.4. The van der Waals surface area contributed by atoms with Gasteiger partial charge in [-0.1, -0.05) is 20.8 Å². The number of methoxy groups -OCH3 is 1. The molecule has 3 heteroatoms. The molecule has 2 saturated heterocycles. The Morgan fingerprint density at radius 2 is 1.88 bits per heavy atom. The van der Waals surface area contributed by atoms with Crippen LogP contribution in [0.25, 0.3) is 0 Å². The maximum Gasteiger partial charge on any atom is 0.0589 e. The maximum absolute atomic E-state index is 5.23. The van der Waals surface area contributed by atoms with Crippen LogP contribution in [0, 0.1) is 23.7 Å². The predicted molar refractivity (Wildman–Crippen MR) is 103 cm³/mol. The van der Waals surface area contributed by atoms with Gasteiger partial charge in [-0.3, -0.25) is 0 Å². The van der Waals surface area contributed by atoms with E-state index in [1.54, 1.807) is 0 Å². The molecule has 0 aliphatic carbocycles. The van der Waals surface area contributed by atoms with Crippen LogP contribution in [0.1, 0.15) is 59.8 Å². The van der Waals surface area contributed by atoms with Gasteiger partial charge < -0.3 is 14.5 Å². The van der Waals surface area contributed by atoms with E-state index in [2.05, 4.69) is 44.5 Å². The van der Waals surface area contributed by atoms with Gasteiger partial charge in [-0.2, -0.15) is 0 Å². The molecule has 2 aliphatic rings. The van der Waals surface area contributed by atoms with Gasteiger partial charge in [0.1, 0.15) is 0 Å². The van der Waals surface area contributed by atoms with Gasteiger partial charge in [0.25, 0.3) is 0 Å². The van der Waals surface area contributed by atoms with Crippen molar-refractivity contribution in [3.05, 3.63) is 0 Å². The number of piperidine rings is 1. The minimum absolute atomic E-state index is 0.752. The largest absolute Gasteiger partial charge is 0.383 e. The molecule has 0 aromatic rings. The third-order valence-electron chi connectivity index (χ3n) is 7.11. The van der Waals surface area contributed by atoms with Crippen molar-refractivity contribution < 1.29 is 4.74 Å². The van der Waals surface area contributed by atoms with Crippen LogP contribution in [0.4, 0.5) is 0 Å². The Kier molecular flexibility index (Phi) is 8.03. The van der Waals surface area contributed by atoms with E-state index in [0.29, 0.717) is 0 Å². The molecule has 0 saturated carbocycles. The summed E-state index contributed by atoms with van der Waals surface area (Å²) >= 11 is 0. The van der Waals surface area contributed by atoms with E-state index >= 15 is 0 Å². The van der Waals surface area contributed by atoms with Gasteiger partial charge in [-0.25, -0.2) is 0 Å². The van der Waals surface area contributed by atoms with Crippen molar-refractivity contribution in [1.29, 1.82) is 0 Å². The van der Waals surface area contributed by atoms with Crippen LogP contribution < -0.4 is 0 Å². The van der Waals surface area contributed by atoms with Gasteiger partial charge in [-0.05, 0) is 76.3 Å². The summed E-state index contributed by atoms with van der Waals surface area (Å²) in [6.07, 6.45) is 6.97. The van der Waals surface area contributed by atoms with E-state index in [1.165, 1.54) is 45.2 Å². The zero-order chi connectivity index (χ0) is 17.7. The molecule has 0 radical (unpaired) electrons. The van der Waals surface area contributed by atoms with Crippen molar-refractivity contribution in [1.82, 2.24) is 9.80 Å². The zero-order valence-corrected chi connectivity index (χ0v) is 17.1. The van der Waals surface area contributed by atoms with E-state index in [1.807, 2.05) is 7.11 Å². The lowest BCUT2D eigenvalue weighted by Gasteiger charge is -2.44. The van der Waals surface area contributed by atoms with Crippen molar-refractivity contribution in [2.24, 2.45) is 23.7 Å². The molecule has 2 aliphatic heterocycles. The van der Waals surface area contributed by atoms with Crippen LogP contribution >= 0.6 is 0 Å². The van der Waals surface area contributed by atoms with Crippen LogP contribution in [0.5, 0.6) is 0 Å². The summed E-state index contributed by atoms with van der Waals surface area (Å²) in [6.45, 7) is 14.3. The molecule has 3 nitrogen and oxygen atoms in total. The molecule has 0 amide bonds. The Labute approximate surface area is 151 Å². The lowest BCUT2D eigenvalue weighted by Crippen LogP contribution is -2.46. The fraction of sp³-hybridized carbons (Fsp3) is 1.00. The highest BCUT2D eigenvalue weighted by atomic mass is 16.5. The Balaban J connectivity index is 1.77. The molecule has 24 heavy (non-hydrogen) atoms. The smallest absolute Gasteiger partial charge is 0.0589 e. The normalized spacial score (nSPS) is 34.1. The molecule has 3 unspecified atom stereocenters. The molecule has 0 N–H and O–H groups in total. The van der Waals surface area contributed by atoms with E-state index in [4.69, 9.17) is 4.74 Å². The second kappa shape index (κ2) is 9.54. The minimum atomic E-state index is 0.752. The topological polar surface area (TPSA) is 15.7 Å². The summed E-state index contributed by atoms with van der Waals surface area (Å²) in [4.78, 5) is 5.26. The second-order valence-corrected chi connectivity index (χ2v) is 9.04. The molecular weight excluding hydrogens is 296 g/mol. The van der Waals surface area contributed by atoms with Gasteiger partial charge in [0.15, 0.2) is 0 Å².